The zero-order valence-corrected chi connectivity index (χ0v) is 7.67. The Morgan fingerprint density at radius 3 is 2.55 bits per heavy atom. The summed E-state index contributed by atoms with van der Waals surface area (Å²) in [5.41, 5.74) is 0. The van der Waals surface area contributed by atoms with Gasteiger partial charge in [0.2, 0.25) is 0 Å². The third kappa shape index (κ3) is 5.85. The van der Waals surface area contributed by atoms with Crippen molar-refractivity contribution < 1.29 is 14.3 Å². The van der Waals surface area contributed by atoms with Gasteiger partial charge in [0.05, 0.1) is 6.61 Å². The molecule has 0 aliphatic rings. The van der Waals surface area contributed by atoms with Crippen LogP contribution in [0.5, 0.6) is 0 Å². The molecule has 0 bridgehead atoms. The second-order valence-corrected chi connectivity index (χ2v) is 2.26. The average molecular weight is 160 g/mol. The summed E-state index contributed by atoms with van der Waals surface area (Å²) in [7, 11) is 3.39. The number of methoxy groups -OCH3 is 1. The van der Waals surface area contributed by atoms with E-state index >= 15 is 0 Å². The van der Waals surface area contributed by atoms with Crippen LogP contribution in [-0.2, 0) is 9.57 Å². The molecule has 0 aliphatic carbocycles. The Balaban J connectivity index is 3.44. The molecular weight excluding hydrogens is 142 g/mol. The van der Waals surface area contributed by atoms with Gasteiger partial charge in [-0.1, -0.05) is 6.92 Å². The summed E-state index contributed by atoms with van der Waals surface area (Å²) in [6, 6.07) is 0. The molecule has 11 heavy (non-hydrogen) atoms. The molecule has 0 aliphatic heterocycles. The molecule has 0 spiro atoms. The monoisotopic (exact) mass is 160 g/mol. The third-order valence-electron chi connectivity index (χ3n) is 1.35. The fraction of sp³-hybridized carbons (Fsp3) is 0.875. The minimum Gasteiger partial charge on any atom is -0.384 e. The van der Waals surface area contributed by atoms with Gasteiger partial charge in [-0.15, -0.1) is 0 Å². The molecule has 0 rings (SSSR count). The minimum atomic E-state index is 0.789. The lowest BCUT2D eigenvalue weighted by Gasteiger charge is -1.97. The van der Waals surface area contributed by atoms with Crippen LogP contribution in [-0.4, -0.2) is 38.3 Å². The Bertz CT molecular complexity index is 113. The van der Waals surface area contributed by atoms with Gasteiger partial charge in [0.15, 0.2) is 12.8 Å². The fourth-order valence-corrected chi connectivity index (χ4v) is 0.825. The Hall–Kier alpha value is -0.570. The van der Waals surface area contributed by atoms with Gasteiger partial charge < -0.3 is 4.74 Å². The van der Waals surface area contributed by atoms with Crippen LogP contribution in [0.1, 0.15) is 19.8 Å². The Morgan fingerprint density at radius 2 is 2.09 bits per heavy atom. The number of ether oxygens (including phenoxy) is 1. The third-order valence-corrected chi connectivity index (χ3v) is 1.35. The van der Waals surface area contributed by atoms with Crippen molar-refractivity contribution in [2.75, 3.05) is 27.4 Å². The number of hydroxylamine groups is 1. The fourth-order valence-electron chi connectivity index (χ4n) is 0.825. The number of hydrogen-bond donors (Lipinski definition) is 0. The van der Waals surface area contributed by atoms with E-state index in [1.807, 2.05) is 11.0 Å². The molecule has 0 aromatic rings. The normalized spacial score (nSPS) is 11.7. The second kappa shape index (κ2) is 7.54. The summed E-state index contributed by atoms with van der Waals surface area (Å²) in [5.74, 6) is 0. The van der Waals surface area contributed by atoms with Crippen molar-refractivity contribution in [1.82, 2.24) is 0 Å². The molecular formula is C8H18NO2+. The highest BCUT2D eigenvalue weighted by Gasteiger charge is 2.00. The van der Waals surface area contributed by atoms with Gasteiger partial charge in [-0.25, -0.2) is 0 Å². The lowest BCUT2D eigenvalue weighted by Crippen LogP contribution is -2.14. The topological polar surface area (TPSA) is 21.5 Å². The van der Waals surface area contributed by atoms with E-state index < -0.39 is 0 Å². The molecule has 0 N–H and O–H groups in total. The van der Waals surface area contributed by atoms with E-state index in [1.54, 1.807) is 14.2 Å². The quantitative estimate of drug-likeness (QED) is 0.251. The van der Waals surface area contributed by atoms with Crippen molar-refractivity contribution in [2.24, 2.45) is 0 Å². The van der Waals surface area contributed by atoms with Crippen LogP contribution >= 0.6 is 0 Å². The predicted molar refractivity (Wildman–Crippen MR) is 45.0 cm³/mol. The first kappa shape index (κ1) is 10.4. The summed E-state index contributed by atoms with van der Waals surface area (Å²) < 4.78 is 6.75. The van der Waals surface area contributed by atoms with Gasteiger partial charge in [0.25, 0.3) is 0 Å². The van der Waals surface area contributed by atoms with Crippen LogP contribution in [0.25, 0.3) is 0 Å². The summed E-state index contributed by atoms with van der Waals surface area (Å²) in [6.07, 6.45) is 4.03. The molecule has 0 unspecified atom stereocenters. The summed E-state index contributed by atoms with van der Waals surface area (Å²) in [5, 5.41) is 0. The van der Waals surface area contributed by atoms with Gasteiger partial charge >= 0.3 is 0 Å². The molecule has 0 saturated heterocycles. The van der Waals surface area contributed by atoms with Gasteiger partial charge in [-0.05, 0) is 4.74 Å². The largest absolute Gasteiger partial charge is 0.384 e. The van der Waals surface area contributed by atoms with Crippen LogP contribution in [0.4, 0.5) is 0 Å². The Morgan fingerprint density at radius 1 is 1.36 bits per heavy atom. The number of rotatable bonds is 6. The first-order valence-electron chi connectivity index (χ1n) is 3.98. The molecule has 0 atom stereocenters. The molecule has 3 heteroatoms. The second-order valence-electron chi connectivity index (χ2n) is 2.26. The molecule has 0 saturated carbocycles. The van der Waals surface area contributed by atoms with Crippen LogP contribution in [0, 0.1) is 0 Å². The van der Waals surface area contributed by atoms with Crippen molar-refractivity contribution in [1.29, 1.82) is 0 Å². The molecule has 0 aromatic heterocycles. The van der Waals surface area contributed by atoms with Crippen LogP contribution < -0.4 is 0 Å². The highest BCUT2D eigenvalue weighted by Crippen LogP contribution is 1.84. The smallest absolute Gasteiger partial charge is 0.194 e. The maximum Gasteiger partial charge on any atom is 0.194 e. The Kier molecular flexibility index (Phi) is 7.15. The SMILES string of the molecule is CC/C=[N+](/CCCOC)OC. The predicted octanol–water partition coefficient (Wildman–Crippen LogP) is 1.08. The highest BCUT2D eigenvalue weighted by molar-refractivity contribution is 5.49. The molecule has 0 amide bonds. The first-order chi connectivity index (χ1) is 5.35. The zero-order valence-electron chi connectivity index (χ0n) is 7.67. The molecule has 3 nitrogen and oxygen atoms in total. The standard InChI is InChI=1S/C8H18NO2/c1-4-6-9(11-3)7-5-8-10-2/h6H,4-5,7-8H2,1-3H3/q+1/b9-6-. The van der Waals surface area contributed by atoms with Crippen molar-refractivity contribution >= 4 is 6.21 Å². The van der Waals surface area contributed by atoms with Crippen molar-refractivity contribution in [3.05, 3.63) is 0 Å². The Labute approximate surface area is 68.6 Å². The van der Waals surface area contributed by atoms with Crippen LogP contribution in [0.3, 0.4) is 0 Å². The molecule has 0 aromatic carbocycles. The van der Waals surface area contributed by atoms with Gasteiger partial charge in [0.1, 0.15) is 7.11 Å². The summed E-state index contributed by atoms with van der Waals surface area (Å²) in [6.45, 7) is 3.78. The highest BCUT2D eigenvalue weighted by atomic mass is 16.6. The number of hydrogen-bond acceptors (Lipinski definition) is 2. The lowest BCUT2D eigenvalue weighted by atomic mass is 10.4. The molecule has 0 fully saturated rings. The molecule has 0 heterocycles. The van der Waals surface area contributed by atoms with Gasteiger partial charge in [0, 0.05) is 20.0 Å². The van der Waals surface area contributed by atoms with E-state index in [2.05, 4.69) is 6.92 Å². The van der Waals surface area contributed by atoms with Crippen molar-refractivity contribution in [2.45, 2.75) is 19.8 Å². The maximum atomic E-state index is 5.06. The number of nitrogens with zero attached hydrogens (tertiary/aromatic N) is 1. The van der Waals surface area contributed by atoms with E-state index in [-0.39, 0.29) is 0 Å². The van der Waals surface area contributed by atoms with E-state index in [9.17, 15) is 0 Å². The van der Waals surface area contributed by atoms with Crippen LogP contribution in [0.2, 0.25) is 0 Å². The molecule has 0 radical (unpaired) electrons. The minimum absolute atomic E-state index is 0.789. The maximum absolute atomic E-state index is 5.06. The first-order valence-corrected chi connectivity index (χ1v) is 3.98. The van der Waals surface area contributed by atoms with E-state index in [4.69, 9.17) is 9.57 Å². The van der Waals surface area contributed by atoms with Gasteiger partial charge in [-0.2, -0.15) is 0 Å². The molecule has 66 valence electrons. The van der Waals surface area contributed by atoms with E-state index in [1.165, 1.54) is 0 Å². The van der Waals surface area contributed by atoms with Crippen molar-refractivity contribution in [3.63, 3.8) is 0 Å². The van der Waals surface area contributed by atoms with E-state index in [0.717, 1.165) is 26.0 Å². The average Bonchev–Trinajstić information content (AvgIpc) is 2.03. The lowest BCUT2D eigenvalue weighted by molar-refractivity contribution is -0.777. The van der Waals surface area contributed by atoms with Gasteiger partial charge in [-0.3, -0.25) is 4.84 Å². The summed E-state index contributed by atoms with van der Waals surface area (Å²) in [4.78, 5) is 5.06. The van der Waals surface area contributed by atoms with E-state index in [0.29, 0.717) is 0 Å². The van der Waals surface area contributed by atoms with Crippen LogP contribution in [0.15, 0.2) is 0 Å². The zero-order chi connectivity index (χ0) is 8.53. The van der Waals surface area contributed by atoms with Crippen molar-refractivity contribution in [3.8, 4) is 0 Å². The summed E-state index contributed by atoms with van der Waals surface area (Å²) >= 11 is 0.